The number of amides is 1. The Morgan fingerprint density at radius 2 is 1.96 bits per heavy atom. The Labute approximate surface area is 147 Å². The molecule has 0 saturated carbocycles. The minimum atomic E-state index is -3.64. The molecule has 1 amide bonds. The number of nitrogens with zero attached hydrogens (tertiary/aromatic N) is 2. The van der Waals surface area contributed by atoms with Gasteiger partial charge in [0.15, 0.2) is 0 Å². The summed E-state index contributed by atoms with van der Waals surface area (Å²) in [5.74, 6) is 0.450. The van der Waals surface area contributed by atoms with Crippen LogP contribution in [-0.4, -0.2) is 44.4 Å². The molecule has 1 aromatic heterocycles. The molecule has 0 fully saturated rings. The Morgan fingerprint density at radius 3 is 2.52 bits per heavy atom. The highest BCUT2D eigenvalue weighted by atomic mass is 32.2. The molecule has 2 aromatic rings. The van der Waals surface area contributed by atoms with Crippen LogP contribution in [0.25, 0.3) is 0 Å². The van der Waals surface area contributed by atoms with Gasteiger partial charge in [0.2, 0.25) is 15.9 Å². The number of methoxy groups -OCH3 is 1. The first-order valence-corrected chi connectivity index (χ1v) is 9.19. The van der Waals surface area contributed by atoms with Gasteiger partial charge < -0.3 is 9.64 Å². The second kappa shape index (κ2) is 8.59. The van der Waals surface area contributed by atoms with E-state index in [9.17, 15) is 13.2 Å². The maximum absolute atomic E-state index is 12.3. The van der Waals surface area contributed by atoms with Gasteiger partial charge in [0.05, 0.1) is 12.0 Å². The standard InChI is InChI=1S/C17H21N3O4S/c1-14(21)20(13-15-4-3-9-18-12-15)11-10-19-25(22,23)17-7-5-16(24-2)6-8-17/h3-9,12,19H,10-11,13H2,1-2H3. The van der Waals surface area contributed by atoms with Crippen LogP contribution in [0.15, 0.2) is 53.7 Å². The van der Waals surface area contributed by atoms with Crippen LogP contribution < -0.4 is 9.46 Å². The molecular formula is C17H21N3O4S. The van der Waals surface area contributed by atoms with Crippen molar-refractivity contribution in [3.63, 3.8) is 0 Å². The summed E-state index contributed by atoms with van der Waals surface area (Å²) in [5.41, 5.74) is 0.885. The lowest BCUT2D eigenvalue weighted by Crippen LogP contribution is -2.37. The Bertz CT molecular complexity index is 792. The molecule has 0 aliphatic carbocycles. The number of ether oxygens (including phenoxy) is 1. The molecule has 0 unspecified atom stereocenters. The van der Waals surface area contributed by atoms with Crippen molar-refractivity contribution in [3.8, 4) is 5.75 Å². The van der Waals surface area contributed by atoms with Gasteiger partial charge in [-0.15, -0.1) is 0 Å². The highest BCUT2D eigenvalue weighted by Crippen LogP contribution is 2.15. The molecule has 0 radical (unpaired) electrons. The van der Waals surface area contributed by atoms with Gasteiger partial charge in [-0.3, -0.25) is 9.78 Å². The normalized spacial score (nSPS) is 11.1. The van der Waals surface area contributed by atoms with Crippen LogP contribution >= 0.6 is 0 Å². The highest BCUT2D eigenvalue weighted by molar-refractivity contribution is 7.89. The minimum absolute atomic E-state index is 0.119. The molecule has 0 saturated heterocycles. The number of hydrogen-bond acceptors (Lipinski definition) is 5. The molecule has 25 heavy (non-hydrogen) atoms. The van der Waals surface area contributed by atoms with Crippen LogP contribution in [0, 0.1) is 0 Å². The first kappa shape index (κ1) is 18.9. The minimum Gasteiger partial charge on any atom is -0.497 e. The summed E-state index contributed by atoms with van der Waals surface area (Å²) in [6.07, 6.45) is 3.34. The maximum Gasteiger partial charge on any atom is 0.240 e. The molecule has 2 rings (SSSR count). The third kappa shape index (κ3) is 5.54. The molecule has 1 N–H and O–H groups in total. The summed E-state index contributed by atoms with van der Waals surface area (Å²) in [6, 6.07) is 9.77. The predicted octanol–water partition coefficient (Wildman–Crippen LogP) is 1.42. The number of sulfonamides is 1. The molecule has 0 bridgehead atoms. The Balaban J connectivity index is 1.95. The van der Waals surface area contributed by atoms with Crippen molar-refractivity contribution in [2.24, 2.45) is 0 Å². The van der Waals surface area contributed by atoms with Crippen LogP contribution in [-0.2, 0) is 21.4 Å². The van der Waals surface area contributed by atoms with Crippen LogP contribution in [0.2, 0.25) is 0 Å². The topological polar surface area (TPSA) is 88.6 Å². The van der Waals surface area contributed by atoms with Crippen molar-refractivity contribution in [1.29, 1.82) is 0 Å². The van der Waals surface area contributed by atoms with Crippen LogP contribution in [0.3, 0.4) is 0 Å². The number of aromatic nitrogens is 1. The van der Waals surface area contributed by atoms with Crippen molar-refractivity contribution >= 4 is 15.9 Å². The predicted molar refractivity (Wildman–Crippen MR) is 93.5 cm³/mol. The third-order valence-electron chi connectivity index (χ3n) is 3.59. The molecule has 7 nitrogen and oxygen atoms in total. The van der Waals surface area contributed by atoms with E-state index in [-0.39, 0.29) is 23.9 Å². The van der Waals surface area contributed by atoms with Gasteiger partial charge >= 0.3 is 0 Å². The molecule has 0 spiro atoms. The lowest BCUT2D eigenvalue weighted by atomic mass is 10.2. The van der Waals surface area contributed by atoms with E-state index in [0.29, 0.717) is 12.3 Å². The average Bonchev–Trinajstić information content (AvgIpc) is 2.61. The fraction of sp³-hybridized carbons (Fsp3) is 0.294. The van der Waals surface area contributed by atoms with Gasteiger partial charge in [-0.1, -0.05) is 6.07 Å². The van der Waals surface area contributed by atoms with E-state index in [1.807, 2.05) is 6.07 Å². The molecule has 0 atom stereocenters. The van der Waals surface area contributed by atoms with Gasteiger partial charge in [0.1, 0.15) is 5.75 Å². The molecule has 134 valence electrons. The molecule has 1 aromatic carbocycles. The van der Waals surface area contributed by atoms with E-state index in [1.54, 1.807) is 35.5 Å². The fourth-order valence-electron chi connectivity index (χ4n) is 2.21. The van der Waals surface area contributed by atoms with E-state index >= 15 is 0 Å². The van der Waals surface area contributed by atoms with E-state index in [1.165, 1.54) is 26.2 Å². The van der Waals surface area contributed by atoms with Crippen LogP contribution in [0.5, 0.6) is 5.75 Å². The number of pyridine rings is 1. The zero-order chi connectivity index (χ0) is 18.3. The second-order valence-corrected chi connectivity index (χ2v) is 7.14. The van der Waals surface area contributed by atoms with Gasteiger partial charge in [0.25, 0.3) is 0 Å². The van der Waals surface area contributed by atoms with Gasteiger partial charge in [0, 0.05) is 39.0 Å². The Kier molecular flexibility index (Phi) is 6.49. The maximum atomic E-state index is 12.3. The monoisotopic (exact) mass is 363 g/mol. The van der Waals surface area contributed by atoms with E-state index in [0.717, 1.165) is 5.56 Å². The quantitative estimate of drug-likeness (QED) is 0.766. The van der Waals surface area contributed by atoms with Crippen LogP contribution in [0.4, 0.5) is 0 Å². The van der Waals surface area contributed by atoms with Crippen molar-refractivity contribution in [2.75, 3.05) is 20.2 Å². The second-order valence-electron chi connectivity index (χ2n) is 5.38. The fourth-order valence-corrected chi connectivity index (χ4v) is 3.23. The molecule has 8 heteroatoms. The summed E-state index contributed by atoms with van der Waals surface area (Å²) in [6.45, 7) is 2.22. The lowest BCUT2D eigenvalue weighted by Gasteiger charge is -2.21. The van der Waals surface area contributed by atoms with E-state index in [2.05, 4.69) is 9.71 Å². The van der Waals surface area contributed by atoms with Gasteiger partial charge in [-0.2, -0.15) is 0 Å². The zero-order valence-corrected chi connectivity index (χ0v) is 15.0. The summed E-state index contributed by atoms with van der Waals surface area (Å²) < 4.78 is 32.1. The number of nitrogens with one attached hydrogen (secondary N) is 1. The number of benzene rings is 1. The van der Waals surface area contributed by atoms with Crippen LogP contribution in [0.1, 0.15) is 12.5 Å². The highest BCUT2D eigenvalue weighted by Gasteiger charge is 2.15. The van der Waals surface area contributed by atoms with Crippen molar-refractivity contribution in [1.82, 2.24) is 14.6 Å². The summed E-state index contributed by atoms with van der Waals surface area (Å²) in [4.78, 5) is 17.5. The smallest absolute Gasteiger partial charge is 0.240 e. The number of carbonyl (C=O) groups is 1. The number of rotatable bonds is 8. The first-order valence-electron chi connectivity index (χ1n) is 7.70. The SMILES string of the molecule is COc1ccc(S(=O)(=O)NCCN(Cc2cccnc2)C(C)=O)cc1. The summed E-state index contributed by atoms with van der Waals surface area (Å²) in [7, 11) is -2.12. The zero-order valence-electron chi connectivity index (χ0n) is 14.2. The average molecular weight is 363 g/mol. The third-order valence-corrected chi connectivity index (χ3v) is 5.06. The lowest BCUT2D eigenvalue weighted by molar-refractivity contribution is -0.129. The van der Waals surface area contributed by atoms with Gasteiger partial charge in [-0.05, 0) is 35.9 Å². The van der Waals surface area contributed by atoms with Crippen molar-refractivity contribution in [3.05, 3.63) is 54.4 Å². The van der Waals surface area contributed by atoms with Crippen molar-refractivity contribution < 1.29 is 17.9 Å². The summed E-state index contributed by atoms with van der Waals surface area (Å²) in [5, 5.41) is 0. The largest absolute Gasteiger partial charge is 0.497 e. The van der Waals surface area contributed by atoms with Gasteiger partial charge in [-0.25, -0.2) is 13.1 Å². The molecule has 0 aliphatic heterocycles. The Morgan fingerprint density at radius 1 is 1.24 bits per heavy atom. The molecule has 0 aliphatic rings. The molecular weight excluding hydrogens is 342 g/mol. The van der Waals surface area contributed by atoms with E-state index < -0.39 is 10.0 Å². The first-order chi connectivity index (χ1) is 11.9. The summed E-state index contributed by atoms with van der Waals surface area (Å²) >= 11 is 0. The van der Waals surface area contributed by atoms with E-state index in [4.69, 9.17) is 4.74 Å². The number of carbonyl (C=O) groups excluding carboxylic acids is 1. The Hall–Kier alpha value is -2.45. The number of hydrogen-bond donors (Lipinski definition) is 1. The van der Waals surface area contributed by atoms with Crippen molar-refractivity contribution in [2.45, 2.75) is 18.4 Å². The molecule has 1 heterocycles.